The van der Waals surface area contributed by atoms with Gasteiger partial charge < -0.3 is 4.74 Å². The number of aromatic nitrogens is 3. The van der Waals surface area contributed by atoms with Gasteiger partial charge in [0.2, 0.25) is 5.88 Å². The number of aryl methyl sites for hydroxylation is 1. The summed E-state index contributed by atoms with van der Waals surface area (Å²) in [5, 5.41) is 8.26. The first-order valence-electron chi connectivity index (χ1n) is 7.30. The van der Waals surface area contributed by atoms with Gasteiger partial charge in [0.25, 0.3) is 0 Å². The van der Waals surface area contributed by atoms with E-state index in [1.165, 1.54) is 6.42 Å². The third-order valence-corrected chi connectivity index (χ3v) is 3.88. The summed E-state index contributed by atoms with van der Waals surface area (Å²) in [6, 6.07) is 10.5. The lowest BCUT2D eigenvalue weighted by Gasteiger charge is -2.23. The Kier molecular flexibility index (Phi) is 4.10. The largest absolute Gasteiger partial charge is 0.480 e. The van der Waals surface area contributed by atoms with Gasteiger partial charge in [0, 0.05) is 18.3 Å². The van der Waals surface area contributed by atoms with Crippen LogP contribution in [-0.2, 0) is 6.54 Å². The van der Waals surface area contributed by atoms with E-state index in [9.17, 15) is 0 Å². The molecule has 1 saturated heterocycles. The van der Waals surface area contributed by atoms with Crippen LogP contribution in [-0.4, -0.2) is 33.7 Å². The van der Waals surface area contributed by atoms with Crippen LogP contribution < -0.4 is 4.74 Å². The molecule has 0 N–H and O–H groups in total. The minimum absolute atomic E-state index is 0.383. The van der Waals surface area contributed by atoms with Gasteiger partial charge in [-0.15, -0.1) is 5.10 Å². The molecule has 2 aromatic rings. The van der Waals surface area contributed by atoms with Crippen molar-refractivity contribution in [2.24, 2.45) is 0 Å². The SMILES string of the molecule is COc1ccc(CN2CCC[C@@H]2c2cccc(C)n2)nn1. The molecule has 110 valence electrons. The zero-order valence-electron chi connectivity index (χ0n) is 12.5. The minimum atomic E-state index is 0.383. The number of rotatable bonds is 4. The molecule has 0 bridgehead atoms. The highest BCUT2D eigenvalue weighted by atomic mass is 16.5. The number of pyridine rings is 1. The van der Waals surface area contributed by atoms with Crippen molar-refractivity contribution >= 4 is 0 Å². The van der Waals surface area contributed by atoms with Crippen molar-refractivity contribution in [3.8, 4) is 5.88 Å². The van der Waals surface area contributed by atoms with Gasteiger partial charge in [-0.25, -0.2) is 0 Å². The van der Waals surface area contributed by atoms with E-state index in [4.69, 9.17) is 4.74 Å². The van der Waals surface area contributed by atoms with Crippen molar-refractivity contribution in [1.82, 2.24) is 20.1 Å². The maximum atomic E-state index is 5.05. The quantitative estimate of drug-likeness (QED) is 0.863. The summed E-state index contributed by atoms with van der Waals surface area (Å²) in [7, 11) is 1.60. The Bertz CT molecular complexity index is 599. The van der Waals surface area contributed by atoms with Crippen molar-refractivity contribution in [1.29, 1.82) is 0 Å². The zero-order chi connectivity index (χ0) is 14.7. The fourth-order valence-corrected chi connectivity index (χ4v) is 2.85. The van der Waals surface area contributed by atoms with E-state index < -0.39 is 0 Å². The van der Waals surface area contributed by atoms with Crippen molar-refractivity contribution in [2.75, 3.05) is 13.7 Å². The Labute approximate surface area is 125 Å². The first kappa shape index (κ1) is 13.9. The lowest BCUT2D eigenvalue weighted by molar-refractivity contribution is 0.240. The van der Waals surface area contributed by atoms with Gasteiger partial charge in [-0.3, -0.25) is 9.88 Å². The lowest BCUT2D eigenvalue weighted by Crippen LogP contribution is -2.24. The predicted octanol–water partition coefficient (Wildman–Crippen LogP) is 2.53. The van der Waals surface area contributed by atoms with Gasteiger partial charge in [-0.05, 0) is 44.5 Å². The molecule has 1 aliphatic heterocycles. The third-order valence-electron chi connectivity index (χ3n) is 3.88. The highest BCUT2D eigenvalue weighted by Crippen LogP contribution is 2.31. The molecule has 0 saturated carbocycles. The summed E-state index contributed by atoms with van der Waals surface area (Å²) in [6.07, 6.45) is 2.35. The van der Waals surface area contributed by atoms with Gasteiger partial charge in [0.05, 0.1) is 24.5 Å². The molecule has 1 fully saturated rings. The molecule has 0 spiro atoms. The van der Waals surface area contributed by atoms with Crippen LogP contribution in [0, 0.1) is 6.92 Å². The van der Waals surface area contributed by atoms with Crippen molar-refractivity contribution < 1.29 is 4.74 Å². The molecule has 5 nitrogen and oxygen atoms in total. The topological polar surface area (TPSA) is 51.1 Å². The van der Waals surface area contributed by atoms with E-state index >= 15 is 0 Å². The molecular formula is C16H20N4O. The second-order valence-corrected chi connectivity index (χ2v) is 5.40. The Morgan fingerprint density at radius 1 is 1.24 bits per heavy atom. The van der Waals surface area contributed by atoms with Gasteiger partial charge in [0.15, 0.2) is 0 Å². The summed E-state index contributed by atoms with van der Waals surface area (Å²) in [5.74, 6) is 0.553. The number of hydrogen-bond acceptors (Lipinski definition) is 5. The fraction of sp³-hybridized carbons (Fsp3) is 0.438. The van der Waals surface area contributed by atoms with Crippen LogP contribution >= 0.6 is 0 Å². The normalized spacial score (nSPS) is 18.9. The van der Waals surface area contributed by atoms with Gasteiger partial charge in [-0.2, -0.15) is 5.10 Å². The molecule has 1 atom stereocenters. The van der Waals surface area contributed by atoms with Crippen LogP contribution in [0.5, 0.6) is 5.88 Å². The summed E-state index contributed by atoms with van der Waals surface area (Å²) in [4.78, 5) is 7.11. The van der Waals surface area contributed by atoms with E-state index in [2.05, 4.69) is 32.2 Å². The van der Waals surface area contributed by atoms with Crippen molar-refractivity contribution in [3.05, 3.63) is 47.4 Å². The van der Waals surface area contributed by atoms with E-state index in [-0.39, 0.29) is 0 Å². The average Bonchev–Trinajstić information content (AvgIpc) is 2.96. The first-order chi connectivity index (χ1) is 10.3. The molecule has 0 aromatic carbocycles. The van der Waals surface area contributed by atoms with E-state index in [0.29, 0.717) is 11.9 Å². The summed E-state index contributed by atoms with van der Waals surface area (Å²) < 4.78 is 5.05. The van der Waals surface area contributed by atoms with E-state index in [1.54, 1.807) is 7.11 Å². The molecule has 5 heteroatoms. The number of ether oxygens (including phenoxy) is 1. The predicted molar refractivity (Wildman–Crippen MR) is 79.9 cm³/mol. The zero-order valence-corrected chi connectivity index (χ0v) is 12.5. The summed E-state index contributed by atoms with van der Waals surface area (Å²) in [5.41, 5.74) is 3.20. The molecule has 2 aromatic heterocycles. The molecule has 21 heavy (non-hydrogen) atoms. The maximum absolute atomic E-state index is 5.05. The molecule has 0 radical (unpaired) electrons. The Morgan fingerprint density at radius 2 is 2.14 bits per heavy atom. The highest BCUT2D eigenvalue weighted by molar-refractivity contribution is 5.16. The van der Waals surface area contributed by atoms with Crippen LogP contribution in [0.15, 0.2) is 30.3 Å². The van der Waals surface area contributed by atoms with Crippen molar-refractivity contribution in [3.63, 3.8) is 0 Å². The lowest BCUT2D eigenvalue weighted by atomic mass is 10.1. The standard InChI is InChI=1S/C16H20N4O/c1-12-5-3-6-14(17-12)15-7-4-10-20(15)11-13-8-9-16(21-2)19-18-13/h3,5-6,8-9,15H,4,7,10-11H2,1-2H3/t15-/m1/s1. The highest BCUT2D eigenvalue weighted by Gasteiger charge is 2.27. The minimum Gasteiger partial charge on any atom is -0.480 e. The third kappa shape index (κ3) is 3.19. The van der Waals surface area contributed by atoms with Crippen LogP contribution in [0.1, 0.15) is 36.0 Å². The number of hydrogen-bond donors (Lipinski definition) is 0. The van der Waals surface area contributed by atoms with Crippen LogP contribution in [0.4, 0.5) is 0 Å². The summed E-state index contributed by atoms with van der Waals surface area (Å²) >= 11 is 0. The fourth-order valence-electron chi connectivity index (χ4n) is 2.85. The van der Waals surface area contributed by atoms with Crippen LogP contribution in [0.25, 0.3) is 0 Å². The molecule has 0 unspecified atom stereocenters. The molecular weight excluding hydrogens is 264 g/mol. The molecule has 3 rings (SSSR count). The summed E-state index contributed by atoms with van der Waals surface area (Å²) in [6.45, 7) is 3.92. The molecule has 3 heterocycles. The average molecular weight is 284 g/mol. The second kappa shape index (κ2) is 6.18. The molecule has 1 aliphatic rings. The Morgan fingerprint density at radius 3 is 2.86 bits per heavy atom. The number of nitrogens with zero attached hydrogens (tertiary/aromatic N) is 4. The van der Waals surface area contributed by atoms with E-state index in [1.807, 2.05) is 25.1 Å². The van der Waals surface area contributed by atoms with Crippen LogP contribution in [0.3, 0.4) is 0 Å². The van der Waals surface area contributed by atoms with E-state index in [0.717, 1.165) is 36.6 Å². The Hall–Kier alpha value is -2.01. The Balaban J connectivity index is 1.74. The van der Waals surface area contributed by atoms with Crippen molar-refractivity contribution in [2.45, 2.75) is 32.4 Å². The first-order valence-corrected chi connectivity index (χ1v) is 7.30. The van der Waals surface area contributed by atoms with Crippen LogP contribution in [0.2, 0.25) is 0 Å². The molecule has 0 aliphatic carbocycles. The molecule has 0 amide bonds. The monoisotopic (exact) mass is 284 g/mol. The second-order valence-electron chi connectivity index (χ2n) is 5.40. The number of likely N-dealkylation sites (tertiary alicyclic amines) is 1. The van der Waals surface area contributed by atoms with Gasteiger partial charge in [0.1, 0.15) is 0 Å². The smallest absolute Gasteiger partial charge is 0.233 e. The maximum Gasteiger partial charge on any atom is 0.233 e. The number of methoxy groups -OCH3 is 1. The van der Waals surface area contributed by atoms with Gasteiger partial charge in [-0.1, -0.05) is 6.07 Å². The van der Waals surface area contributed by atoms with Gasteiger partial charge >= 0.3 is 0 Å².